The molecular formula is C29H39ClN6O5S. The minimum absolute atomic E-state index is 0.0133. The summed E-state index contributed by atoms with van der Waals surface area (Å²) in [7, 11) is -3.33. The number of amides is 2. The summed E-state index contributed by atoms with van der Waals surface area (Å²) in [6.45, 7) is 10.6. The number of sulfonamides is 1. The predicted molar refractivity (Wildman–Crippen MR) is 160 cm³/mol. The van der Waals surface area contributed by atoms with Gasteiger partial charge >= 0.3 is 6.09 Å². The van der Waals surface area contributed by atoms with E-state index in [2.05, 4.69) is 14.9 Å². The van der Waals surface area contributed by atoms with Crippen LogP contribution in [0.2, 0.25) is 5.02 Å². The number of aromatic nitrogens is 2. The van der Waals surface area contributed by atoms with E-state index in [0.717, 1.165) is 44.7 Å². The first-order chi connectivity index (χ1) is 19.9. The second-order valence-electron chi connectivity index (χ2n) is 11.8. The molecule has 13 heteroatoms. The van der Waals surface area contributed by atoms with Crippen molar-refractivity contribution in [2.45, 2.75) is 39.7 Å². The van der Waals surface area contributed by atoms with E-state index in [-0.39, 0.29) is 12.5 Å². The second kappa shape index (κ2) is 12.4. The number of likely N-dealkylation sites (tertiary alicyclic amines) is 2. The second-order valence-corrected chi connectivity index (χ2v) is 14.2. The molecule has 3 atom stereocenters. The van der Waals surface area contributed by atoms with Gasteiger partial charge in [0.1, 0.15) is 12.4 Å². The average molecular weight is 619 g/mol. The summed E-state index contributed by atoms with van der Waals surface area (Å²) < 4.78 is 30.9. The van der Waals surface area contributed by atoms with E-state index in [0.29, 0.717) is 59.0 Å². The highest BCUT2D eigenvalue weighted by Crippen LogP contribution is 2.33. The first-order valence-corrected chi connectivity index (χ1v) is 16.6. The molecule has 0 bridgehead atoms. The number of carbonyl (C=O) groups excluding carboxylic acids is 2. The number of nitrogens with zero attached hydrogens (tertiary/aromatic N) is 6. The van der Waals surface area contributed by atoms with Gasteiger partial charge in [0.05, 0.1) is 29.8 Å². The van der Waals surface area contributed by atoms with Crippen LogP contribution in [0, 0.1) is 32.6 Å². The number of carbonyl (C=O) groups is 2. The first kappa shape index (κ1) is 30.7. The molecule has 3 unspecified atom stereocenters. The summed E-state index contributed by atoms with van der Waals surface area (Å²) >= 11 is 6.39. The summed E-state index contributed by atoms with van der Waals surface area (Å²) in [5.41, 5.74) is 3.60. The predicted octanol–water partition coefficient (Wildman–Crippen LogP) is 3.13. The number of halogens is 1. The van der Waals surface area contributed by atoms with Gasteiger partial charge in [-0.15, -0.1) is 0 Å². The lowest BCUT2D eigenvalue weighted by Gasteiger charge is -2.26. The number of fused-ring (bicyclic) bond motifs is 1. The molecule has 3 aliphatic rings. The molecule has 2 amide bonds. The third-order valence-electron chi connectivity index (χ3n) is 8.68. The summed E-state index contributed by atoms with van der Waals surface area (Å²) in [6, 6.07) is 5.49. The molecule has 0 N–H and O–H groups in total. The number of hydrogen-bond donors (Lipinski definition) is 0. The Morgan fingerprint density at radius 3 is 2.31 bits per heavy atom. The molecule has 0 spiro atoms. The average Bonchev–Trinajstić information content (AvgIpc) is 3.63. The molecule has 0 radical (unpaired) electrons. The minimum atomic E-state index is -3.33. The quantitative estimate of drug-likeness (QED) is 0.443. The standard InChI is InChI=1S/C29H39ClN6O5S/c1-19-6-7-24(12-26(19)30)36(29(38)41-25-8-11-35(17-25)42(4,39)40)10-5-9-33-13-22-15-34(16-23(22)14-33)28(37)27-20(2)31-18-32-21(27)3/h6-7,12,18,22-23,25H,5,8-11,13-17H2,1-4H3. The maximum Gasteiger partial charge on any atom is 0.414 e. The van der Waals surface area contributed by atoms with E-state index in [4.69, 9.17) is 16.3 Å². The van der Waals surface area contributed by atoms with Gasteiger partial charge in [0.15, 0.2) is 0 Å². The fourth-order valence-corrected chi connectivity index (χ4v) is 7.38. The molecule has 5 rings (SSSR count). The Hall–Kier alpha value is -2.80. The molecule has 0 saturated carbocycles. The maximum absolute atomic E-state index is 13.3. The van der Waals surface area contributed by atoms with Crippen molar-refractivity contribution in [3.05, 3.63) is 52.1 Å². The highest BCUT2D eigenvalue weighted by Gasteiger charge is 2.42. The zero-order valence-corrected chi connectivity index (χ0v) is 26.2. The molecule has 42 heavy (non-hydrogen) atoms. The fourth-order valence-electron chi connectivity index (χ4n) is 6.33. The summed E-state index contributed by atoms with van der Waals surface area (Å²) in [5.74, 6) is 0.840. The van der Waals surface area contributed by atoms with Crippen molar-refractivity contribution in [1.82, 2.24) is 24.1 Å². The Kier molecular flexibility index (Phi) is 9.08. The summed E-state index contributed by atoms with van der Waals surface area (Å²) in [5, 5.41) is 0.563. The van der Waals surface area contributed by atoms with Crippen LogP contribution < -0.4 is 4.90 Å². The molecule has 3 fully saturated rings. The Morgan fingerprint density at radius 2 is 1.71 bits per heavy atom. The Balaban J connectivity index is 1.16. The van der Waals surface area contributed by atoms with Crippen LogP contribution in [0.15, 0.2) is 24.5 Å². The van der Waals surface area contributed by atoms with Crippen LogP contribution in [0.3, 0.4) is 0 Å². The van der Waals surface area contributed by atoms with Crippen molar-refractivity contribution in [3.8, 4) is 0 Å². The molecule has 1 aromatic heterocycles. The van der Waals surface area contributed by atoms with E-state index in [1.54, 1.807) is 11.0 Å². The first-order valence-electron chi connectivity index (χ1n) is 14.4. The molecule has 1 aromatic carbocycles. The van der Waals surface area contributed by atoms with Crippen molar-refractivity contribution in [2.24, 2.45) is 11.8 Å². The van der Waals surface area contributed by atoms with E-state index >= 15 is 0 Å². The van der Waals surface area contributed by atoms with E-state index < -0.39 is 22.2 Å². The van der Waals surface area contributed by atoms with Crippen molar-refractivity contribution < 1.29 is 22.7 Å². The van der Waals surface area contributed by atoms with E-state index in [1.165, 1.54) is 16.9 Å². The molecule has 0 aliphatic carbocycles. The van der Waals surface area contributed by atoms with Crippen LogP contribution in [-0.4, -0.2) is 109 Å². The summed E-state index contributed by atoms with van der Waals surface area (Å²) in [4.78, 5) is 40.9. The van der Waals surface area contributed by atoms with Crippen molar-refractivity contribution in [3.63, 3.8) is 0 Å². The highest BCUT2D eigenvalue weighted by atomic mass is 35.5. The summed E-state index contributed by atoms with van der Waals surface area (Å²) in [6.07, 6.45) is 2.86. The smallest absolute Gasteiger partial charge is 0.414 e. The largest absolute Gasteiger partial charge is 0.444 e. The van der Waals surface area contributed by atoms with Crippen LogP contribution in [0.4, 0.5) is 10.5 Å². The lowest BCUT2D eigenvalue weighted by molar-refractivity contribution is 0.0771. The maximum atomic E-state index is 13.3. The molecule has 2 aromatic rings. The normalized spacial score (nSPS) is 22.9. The molecule has 4 heterocycles. The Labute approximate surface area is 252 Å². The van der Waals surface area contributed by atoms with E-state index in [9.17, 15) is 18.0 Å². The monoisotopic (exact) mass is 618 g/mol. The lowest BCUT2D eigenvalue weighted by atomic mass is 10.0. The van der Waals surface area contributed by atoms with Gasteiger partial charge in [-0.05, 0) is 69.7 Å². The number of hydrogen-bond acceptors (Lipinski definition) is 8. The minimum Gasteiger partial charge on any atom is -0.444 e. The third-order valence-corrected chi connectivity index (χ3v) is 10.4. The van der Waals surface area contributed by atoms with Crippen LogP contribution >= 0.6 is 11.6 Å². The van der Waals surface area contributed by atoms with Crippen LogP contribution in [-0.2, 0) is 14.8 Å². The van der Waals surface area contributed by atoms with Gasteiger partial charge in [-0.2, -0.15) is 4.31 Å². The van der Waals surface area contributed by atoms with Gasteiger partial charge in [0, 0.05) is 50.0 Å². The molecule has 3 saturated heterocycles. The number of ether oxygens (including phenoxy) is 1. The fraction of sp³-hybridized carbons (Fsp3) is 0.586. The van der Waals surface area contributed by atoms with Crippen molar-refractivity contribution in [2.75, 3.05) is 63.5 Å². The van der Waals surface area contributed by atoms with E-state index in [1.807, 2.05) is 37.8 Å². The zero-order chi connectivity index (χ0) is 30.2. The topological polar surface area (TPSA) is 116 Å². The SMILES string of the molecule is Cc1ccc(N(CCCN2CC3CN(C(=O)c4c(C)ncnc4C)CC3C2)C(=O)OC2CCN(S(C)(=O)=O)C2)cc1Cl. The van der Waals surface area contributed by atoms with Gasteiger partial charge in [-0.1, -0.05) is 17.7 Å². The number of rotatable bonds is 8. The number of benzene rings is 1. The highest BCUT2D eigenvalue weighted by molar-refractivity contribution is 7.88. The third kappa shape index (κ3) is 6.72. The van der Waals surface area contributed by atoms with Gasteiger partial charge in [-0.25, -0.2) is 23.2 Å². The molecular weight excluding hydrogens is 580 g/mol. The molecule has 228 valence electrons. The number of anilines is 1. The van der Waals surface area contributed by atoms with Crippen molar-refractivity contribution >= 4 is 39.3 Å². The van der Waals surface area contributed by atoms with Gasteiger partial charge < -0.3 is 14.5 Å². The Morgan fingerprint density at radius 1 is 1.05 bits per heavy atom. The van der Waals surface area contributed by atoms with Gasteiger partial charge in [0.2, 0.25) is 10.0 Å². The lowest BCUT2D eigenvalue weighted by Crippen LogP contribution is -2.38. The van der Waals surface area contributed by atoms with Crippen LogP contribution in [0.5, 0.6) is 0 Å². The van der Waals surface area contributed by atoms with Gasteiger partial charge in [-0.3, -0.25) is 9.69 Å². The number of aryl methyl sites for hydroxylation is 3. The zero-order valence-electron chi connectivity index (χ0n) is 24.6. The van der Waals surface area contributed by atoms with Gasteiger partial charge in [0.25, 0.3) is 5.91 Å². The van der Waals surface area contributed by atoms with Crippen molar-refractivity contribution in [1.29, 1.82) is 0 Å². The Bertz CT molecular complexity index is 1420. The molecule has 11 nitrogen and oxygen atoms in total. The molecule has 3 aliphatic heterocycles. The van der Waals surface area contributed by atoms with Crippen LogP contribution in [0.1, 0.15) is 40.2 Å². The van der Waals surface area contributed by atoms with Crippen LogP contribution in [0.25, 0.3) is 0 Å².